The van der Waals surface area contributed by atoms with Crippen molar-refractivity contribution < 1.29 is 88.0 Å². The molecule has 0 spiro atoms. The van der Waals surface area contributed by atoms with E-state index >= 15 is 0 Å². The van der Waals surface area contributed by atoms with E-state index in [2.05, 4.69) is 0 Å². The van der Waals surface area contributed by atoms with Gasteiger partial charge in [-0.2, -0.15) is 13.2 Å². The number of anilines is 1. The molecule has 0 saturated carbocycles. The molecule has 0 radical (unpaired) electrons. The molecular formula is C13H10F5KN2O3. The number of likely N-dealkylation sites (tertiary alicyclic amines) is 1. The van der Waals surface area contributed by atoms with Gasteiger partial charge in [0, 0.05) is 12.1 Å². The van der Waals surface area contributed by atoms with Crippen LogP contribution in [-0.2, 0) is 11.0 Å². The van der Waals surface area contributed by atoms with Crippen molar-refractivity contribution in [2.45, 2.75) is 24.8 Å². The second-order valence-corrected chi connectivity index (χ2v) is 4.94. The number of rotatable bonds is 2. The van der Waals surface area contributed by atoms with Gasteiger partial charge in [0.1, 0.15) is 12.0 Å². The smallest absolute Gasteiger partial charge is 0.548 e. The van der Waals surface area contributed by atoms with Crippen LogP contribution >= 0.6 is 0 Å². The molecule has 1 aromatic carbocycles. The molecule has 126 valence electrons. The van der Waals surface area contributed by atoms with Crippen molar-refractivity contribution in [3.05, 3.63) is 29.6 Å². The van der Waals surface area contributed by atoms with Gasteiger partial charge in [0.05, 0.1) is 24.1 Å². The number of alkyl halides is 4. The van der Waals surface area contributed by atoms with Gasteiger partial charge in [0.2, 0.25) is 0 Å². The monoisotopic (exact) mass is 376 g/mol. The van der Waals surface area contributed by atoms with Gasteiger partial charge in [-0.1, -0.05) is 0 Å². The van der Waals surface area contributed by atoms with Crippen LogP contribution in [0.5, 0.6) is 0 Å². The van der Waals surface area contributed by atoms with Crippen molar-refractivity contribution in [1.82, 2.24) is 4.90 Å². The molecule has 1 saturated heterocycles. The summed E-state index contributed by atoms with van der Waals surface area (Å²) < 4.78 is 64.2. The van der Waals surface area contributed by atoms with Crippen LogP contribution in [0.3, 0.4) is 0 Å². The first-order valence-corrected chi connectivity index (χ1v) is 6.39. The van der Waals surface area contributed by atoms with Crippen LogP contribution in [0, 0.1) is 5.82 Å². The van der Waals surface area contributed by atoms with Crippen LogP contribution in [0.4, 0.5) is 32.4 Å². The third-order valence-electron chi connectivity index (χ3n) is 3.31. The Kier molecular flexibility index (Phi) is 7.17. The molecule has 2 amide bonds. The van der Waals surface area contributed by atoms with E-state index in [-0.39, 0.29) is 51.4 Å². The number of hydrogen-bond donors (Lipinski definition) is 1. The van der Waals surface area contributed by atoms with Gasteiger partial charge in [-0.05, 0) is 18.2 Å². The van der Waals surface area contributed by atoms with Crippen LogP contribution in [0.15, 0.2) is 18.2 Å². The van der Waals surface area contributed by atoms with Gasteiger partial charge in [0.15, 0.2) is 0 Å². The Balaban J connectivity index is 0.00000288. The number of urea groups is 1. The van der Waals surface area contributed by atoms with E-state index in [1.807, 2.05) is 5.32 Å². The van der Waals surface area contributed by atoms with Crippen LogP contribution in [0.25, 0.3) is 0 Å². The number of benzene rings is 1. The van der Waals surface area contributed by atoms with E-state index in [0.717, 1.165) is 6.07 Å². The summed E-state index contributed by atoms with van der Waals surface area (Å²) in [4.78, 5) is 23.4. The average Bonchev–Trinajstić information content (AvgIpc) is 2.82. The first-order valence-electron chi connectivity index (χ1n) is 6.39. The fourth-order valence-corrected chi connectivity index (χ4v) is 2.25. The molecule has 0 unspecified atom stereocenters. The SMILES string of the molecule is O=C([O-])[C@@H]1C[C@H](F)CN1C(=O)Nc1ccc(F)c(C(F)(F)F)c1.[K+]. The topological polar surface area (TPSA) is 72.5 Å². The van der Waals surface area contributed by atoms with E-state index in [0.29, 0.717) is 17.0 Å². The normalized spacial score (nSPS) is 20.5. The minimum absolute atomic E-state index is 0. The molecule has 0 aliphatic carbocycles. The van der Waals surface area contributed by atoms with Crippen molar-refractivity contribution in [3.63, 3.8) is 0 Å². The Labute approximate surface area is 175 Å². The predicted molar refractivity (Wildman–Crippen MR) is 65.4 cm³/mol. The quantitative estimate of drug-likeness (QED) is 0.507. The van der Waals surface area contributed by atoms with Gasteiger partial charge in [-0.3, -0.25) is 0 Å². The fraction of sp³-hybridized carbons (Fsp3) is 0.385. The summed E-state index contributed by atoms with van der Waals surface area (Å²) in [6.07, 6.45) is -7.01. The molecule has 1 heterocycles. The van der Waals surface area contributed by atoms with Gasteiger partial charge >= 0.3 is 63.6 Å². The number of hydrogen-bond acceptors (Lipinski definition) is 3. The van der Waals surface area contributed by atoms with Crippen molar-refractivity contribution in [2.75, 3.05) is 11.9 Å². The summed E-state index contributed by atoms with van der Waals surface area (Å²) >= 11 is 0. The molecule has 1 aliphatic rings. The summed E-state index contributed by atoms with van der Waals surface area (Å²) in [5, 5.41) is 12.8. The summed E-state index contributed by atoms with van der Waals surface area (Å²) in [5.41, 5.74) is -1.99. The van der Waals surface area contributed by atoms with E-state index in [1.165, 1.54) is 0 Å². The summed E-state index contributed by atoms with van der Waals surface area (Å²) in [5.74, 6) is -3.19. The molecule has 0 bridgehead atoms. The Morgan fingerprint density at radius 2 is 1.92 bits per heavy atom. The number of carboxylic acids is 1. The average molecular weight is 376 g/mol. The van der Waals surface area contributed by atoms with Crippen LogP contribution in [-0.4, -0.2) is 35.7 Å². The molecule has 0 aromatic heterocycles. The van der Waals surface area contributed by atoms with Crippen LogP contribution in [0.1, 0.15) is 12.0 Å². The molecule has 11 heteroatoms. The van der Waals surface area contributed by atoms with E-state index in [9.17, 15) is 36.6 Å². The van der Waals surface area contributed by atoms with Gasteiger partial charge in [-0.25, -0.2) is 13.6 Å². The fourth-order valence-electron chi connectivity index (χ4n) is 2.25. The number of carbonyl (C=O) groups excluding carboxylic acids is 2. The standard InChI is InChI=1S/C13H11F5N2O3.K/c14-6-3-10(11(21)22)20(5-6)12(23)19-7-1-2-9(15)8(4-7)13(16,17)18;/h1-2,4,6,10H,3,5H2,(H,19,23)(H,21,22);/q;+1/p-1/t6-,10-;/m0./s1. The Bertz CT molecular complexity index is 641. The van der Waals surface area contributed by atoms with Gasteiger partial charge in [0.25, 0.3) is 0 Å². The minimum Gasteiger partial charge on any atom is -0.548 e. The first kappa shape index (κ1) is 21.3. The zero-order chi connectivity index (χ0) is 17.4. The number of halogens is 5. The number of nitrogens with one attached hydrogen (secondary N) is 1. The number of aliphatic carboxylic acids is 1. The molecule has 1 N–H and O–H groups in total. The largest absolute Gasteiger partial charge is 1.00 e. The first-order chi connectivity index (χ1) is 10.6. The summed E-state index contributed by atoms with van der Waals surface area (Å²) in [7, 11) is 0. The maximum atomic E-state index is 13.2. The molecule has 1 fully saturated rings. The van der Waals surface area contributed by atoms with E-state index in [1.54, 1.807) is 0 Å². The zero-order valence-corrected chi connectivity index (χ0v) is 15.5. The Hall–Kier alpha value is -0.754. The summed E-state index contributed by atoms with van der Waals surface area (Å²) in [6.45, 7) is -0.530. The number of amides is 2. The number of nitrogens with zero attached hydrogens (tertiary/aromatic N) is 1. The molecule has 5 nitrogen and oxygen atoms in total. The van der Waals surface area contributed by atoms with Crippen molar-refractivity contribution in [1.29, 1.82) is 0 Å². The van der Waals surface area contributed by atoms with Crippen molar-refractivity contribution in [3.8, 4) is 0 Å². The maximum Gasteiger partial charge on any atom is 1.00 e. The van der Waals surface area contributed by atoms with Crippen LogP contribution < -0.4 is 61.8 Å². The van der Waals surface area contributed by atoms with Crippen LogP contribution in [0.2, 0.25) is 0 Å². The molecule has 24 heavy (non-hydrogen) atoms. The third kappa shape index (κ3) is 4.88. The van der Waals surface area contributed by atoms with E-state index < -0.39 is 60.4 Å². The second-order valence-electron chi connectivity index (χ2n) is 4.94. The maximum absolute atomic E-state index is 13.2. The van der Waals surface area contributed by atoms with E-state index in [4.69, 9.17) is 0 Å². The van der Waals surface area contributed by atoms with Gasteiger partial charge in [-0.15, -0.1) is 0 Å². The third-order valence-corrected chi connectivity index (χ3v) is 3.31. The molecule has 1 aliphatic heterocycles. The number of carbonyl (C=O) groups is 2. The van der Waals surface area contributed by atoms with Gasteiger partial charge < -0.3 is 20.1 Å². The second kappa shape index (κ2) is 8.08. The van der Waals surface area contributed by atoms with Crippen molar-refractivity contribution >= 4 is 17.7 Å². The summed E-state index contributed by atoms with van der Waals surface area (Å²) in [6, 6.07) is -0.882. The Morgan fingerprint density at radius 1 is 1.29 bits per heavy atom. The molecule has 2 atom stereocenters. The molecular weight excluding hydrogens is 366 g/mol. The van der Waals surface area contributed by atoms with Crippen molar-refractivity contribution in [2.24, 2.45) is 0 Å². The number of carboxylic acid groups (broad SMARTS) is 1. The molecule has 2 rings (SSSR count). The minimum atomic E-state index is -4.96. The zero-order valence-electron chi connectivity index (χ0n) is 12.4. The Morgan fingerprint density at radius 3 is 2.46 bits per heavy atom. The predicted octanol–water partition coefficient (Wildman–Crippen LogP) is -1.46. The molecule has 1 aromatic rings.